The van der Waals surface area contributed by atoms with Gasteiger partial charge in [0.1, 0.15) is 16.2 Å². The van der Waals surface area contributed by atoms with Crippen LogP contribution in [0.5, 0.6) is 0 Å². The summed E-state index contributed by atoms with van der Waals surface area (Å²) in [4.78, 5) is 11.0. The molecule has 2 unspecified atom stereocenters. The SMILES string of the molecule is CCS(=O)(=O)c1ccc(NC(=O)C(C)(O)C(F)(F)F)c(Cl)c1[S+](C)[O-]. The highest BCUT2D eigenvalue weighted by atomic mass is 35.5. The Labute approximate surface area is 150 Å². The normalized spacial score (nSPS) is 16.2. The second-order valence-corrected chi connectivity index (χ2v) is 9.08. The summed E-state index contributed by atoms with van der Waals surface area (Å²) < 4.78 is 74.0. The van der Waals surface area contributed by atoms with Crippen LogP contribution < -0.4 is 5.32 Å². The van der Waals surface area contributed by atoms with Gasteiger partial charge in [0, 0.05) is 0 Å². The van der Waals surface area contributed by atoms with Gasteiger partial charge in [0.25, 0.3) is 5.91 Å². The van der Waals surface area contributed by atoms with Crippen LogP contribution in [0.2, 0.25) is 5.02 Å². The van der Waals surface area contributed by atoms with Crippen molar-refractivity contribution in [3.05, 3.63) is 17.2 Å². The lowest BCUT2D eigenvalue weighted by Gasteiger charge is -2.25. The van der Waals surface area contributed by atoms with E-state index in [9.17, 15) is 36.0 Å². The Morgan fingerprint density at radius 2 is 1.92 bits per heavy atom. The van der Waals surface area contributed by atoms with Gasteiger partial charge in [-0.05, 0) is 30.2 Å². The third kappa shape index (κ3) is 4.40. The van der Waals surface area contributed by atoms with E-state index in [-0.39, 0.29) is 22.5 Å². The first-order valence-electron chi connectivity index (χ1n) is 6.66. The predicted molar refractivity (Wildman–Crippen MR) is 86.8 cm³/mol. The van der Waals surface area contributed by atoms with Gasteiger partial charge in [-0.3, -0.25) is 4.79 Å². The second kappa shape index (κ2) is 7.31. The van der Waals surface area contributed by atoms with Crippen molar-refractivity contribution < 1.29 is 36.0 Å². The maximum absolute atomic E-state index is 12.7. The molecule has 1 aromatic rings. The standard InChI is InChI=1S/C13H15ClF3NO5S2/c1-4-25(22,23)8-6-5-7(9(14)10(8)24(3)21)18-11(19)12(2,20)13(15,16)17/h5-6,20H,4H2,1-3H3,(H,18,19). The molecule has 25 heavy (non-hydrogen) atoms. The maximum Gasteiger partial charge on any atom is 0.426 e. The van der Waals surface area contributed by atoms with Gasteiger partial charge < -0.3 is 15.0 Å². The number of carbonyl (C=O) groups is 1. The average Bonchev–Trinajstić information content (AvgIpc) is 2.47. The molecular weight excluding hydrogens is 407 g/mol. The van der Waals surface area contributed by atoms with Gasteiger partial charge in [-0.25, -0.2) is 8.42 Å². The molecular formula is C13H15ClF3NO5S2. The lowest BCUT2D eigenvalue weighted by atomic mass is 10.1. The van der Waals surface area contributed by atoms with Crippen LogP contribution in [0.15, 0.2) is 21.9 Å². The van der Waals surface area contributed by atoms with E-state index in [0.717, 1.165) is 18.4 Å². The van der Waals surface area contributed by atoms with Crippen molar-refractivity contribution >= 4 is 44.2 Å². The molecule has 2 atom stereocenters. The molecule has 0 saturated heterocycles. The molecule has 0 saturated carbocycles. The van der Waals surface area contributed by atoms with Gasteiger partial charge in [-0.15, -0.1) is 0 Å². The zero-order valence-corrected chi connectivity index (χ0v) is 15.7. The first-order chi connectivity index (χ1) is 11.2. The molecule has 142 valence electrons. The lowest BCUT2D eigenvalue weighted by molar-refractivity contribution is -0.242. The minimum Gasteiger partial charge on any atom is -0.612 e. The van der Waals surface area contributed by atoms with Gasteiger partial charge in [-0.2, -0.15) is 13.2 Å². The van der Waals surface area contributed by atoms with Crippen molar-refractivity contribution in [2.75, 3.05) is 17.3 Å². The molecule has 0 heterocycles. The molecule has 0 bridgehead atoms. The molecule has 12 heteroatoms. The Hall–Kier alpha value is -1.01. The molecule has 2 N–H and O–H groups in total. The van der Waals surface area contributed by atoms with E-state index in [1.807, 2.05) is 0 Å². The number of anilines is 1. The van der Waals surface area contributed by atoms with E-state index in [1.165, 1.54) is 6.92 Å². The van der Waals surface area contributed by atoms with Crippen molar-refractivity contribution in [2.45, 2.75) is 35.4 Å². The summed E-state index contributed by atoms with van der Waals surface area (Å²) in [6, 6.07) is 1.95. The van der Waals surface area contributed by atoms with Gasteiger partial charge in [0.05, 0.1) is 11.4 Å². The Bertz CT molecular complexity index is 779. The monoisotopic (exact) mass is 421 g/mol. The Morgan fingerprint density at radius 1 is 1.40 bits per heavy atom. The number of carbonyl (C=O) groups excluding carboxylic acids is 1. The third-order valence-electron chi connectivity index (χ3n) is 3.31. The van der Waals surface area contributed by atoms with E-state index >= 15 is 0 Å². The Balaban J connectivity index is 3.43. The zero-order valence-electron chi connectivity index (χ0n) is 13.3. The number of hydrogen-bond acceptors (Lipinski definition) is 5. The summed E-state index contributed by atoms with van der Waals surface area (Å²) in [6.45, 7) is 1.60. The maximum atomic E-state index is 12.7. The zero-order chi connectivity index (χ0) is 19.8. The molecule has 6 nitrogen and oxygen atoms in total. The number of hydrogen-bond donors (Lipinski definition) is 2. The van der Waals surface area contributed by atoms with Crippen LogP contribution in [0.1, 0.15) is 13.8 Å². The number of alkyl halides is 3. The smallest absolute Gasteiger partial charge is 0.426 e. The van der Waals surface area contributed by atoms with Crippen molar-refractivity contribution in [1.82, 2.24) is 0 Å². The fraction of sp³-hybridized carbons (Fsp3) is 0.462. The molecule has 1 aromatic carbocycles. The highest BCUT2D eigenvalue weighted by Gasteiger charge is 2.56. The van der Waals surface area contributed by atoms with Crippen molar-refractivity contribution in [1.29, 1.82) is 0 Å². The summed E-state index contributed by atoms with van der Waals surface area (Å²) in [5.41, 5.74) is -4.10. The number of nitrogens with one attached hydrogen (secondary N) is 1. The van der Waals surface area contributed by atoms with Crippen LogP contribution in [0.4, 0.5) is 18.9 Å². The van der Waals surface area contributed by atoms with Crippen molar-refractivity contribution in [2.24, 2.45) is 0 Å². The number of rotatable bonds is 5. The Kier molecular flexibility index (Phi) is 6.44. The molecule has 0 radical (unpaired) electrons. The van der Waals surface area contributed by atoms with E-state index < -0.39 is 49.4 Å². The van der Waals surface area contributed by atoms with Crippen LogP contribution in [-0.4, -0.2) is 47.8 Å². The number of halogens is 4. The van der Waals surface area contributed by atoms with Crippen LogP contribution in [0.25, 0.3) is 0 Å². The molecule has 0 aliphatic heterocycles. The third-order valence-corrected chi connectivity index (χ3v) is 6.71. The van der Waals surface area contributed by atoms with Gasteiger partial charge in [-0.1, -0.05) is 18.5 Å². The minimum absolute atomic E-state index is 0.255. The van der Waals surface area contributed by atoms with E-state index in [2.05, 4.69) is 0 Å². The summed E-state index contributed by atoms with van der Waals surface area (Å²) in [5.74, 6) is -2.14. The lowest BCUT2D eigenvalue weighted by Crippen LogP contribution is -2.52. The van der Waals surface area contributed by atoms with Gasteiger partial charge in [0.2, 0.25) is 5.60 Å². The largest absolute Gasteiger partial charge is 0.612 e. The summed E-state index contributed by atoms with van der Waals surface area (Å²) in [5, 5.41) is 10.6. The molecule has 0 aromatic heterocycles. The van der Waals surface area contributed by atoms with E-state index in [1.54, 1.807) is 5.32 Å². The first kappa shape index (κ1) is 22.0. The fourth-order valence-corrected chi connectivity index (χ4v) is 4.69. The molecule has 1 rings (SSSR count). The quantitative estimate of drug-likeness (QED) is 0.708. The number of aliphatic hydroxyl groups is 1. The van der Waals surface area contributed by atoms with Crippen LogP contribution in [0.3, 0.4) is 0 Å². The van der Waals surface area contributed by atoms with E-state index in [0.29, 0.717) is 0 Å². The van der Waals surface area contributed by atoms with Crippen LogP contribution >= 0.6 is 11.6 Å². The van der Waals surface area contributed by atoms with Gasteiger partial charge >= 0.3 is 6.18 Å². The molecule has 0 aliphatic rings. The summed E-state index contributed by atoms with van der Waals surface area (Å²) in [6.07, 6.45) is -4.11. The van der Waals surface area contributed by atoms with Crippen LogP contribution in [0, 0.1) is 0 Å². The molecule has 0 aliphatic carbocycles. The predicted octanol–water partition coefficient (Wildman–Crippen LogP) is 2.12. The number of benzene rings is 1. The van der Waals surface area contributed by atoms with Crippen molar-refractivity contribution in [3.8, 4) is 0 Å². The minimum atomic E-state index is -5.24. The fourth-order valence-electron chi connectivity index (χ4n) is 1.68. The van der Waals surface area contributed by atoms with E-state index in [4.69, 9.17) is 11.6 Å². The average molecular weight is 422 g/mol. The molecule has 1 amide bonds. The highest BCUT2D eigenvalue weighted by Crippen LogP contribution is 2.37. The highest BCUT2D eigenvalue weighted by molar-refractivity contribution is 7.94. The second-order valence-electron chi connectivity index (χ2n) is 5.14. The topological polar surface area (TPSA) is 107 Å². The van der Waals surface area contributed by atoms with Crippen molar-refractivity contribution in [3.63, 3.8) is 0 Å². The van der Waals surface area contributed by atoms with Crippen LogP contribution in [-0.2, 0) is 25.8 Å². The molecule has 0 spiro atoms. The Morgan fingerprint density at radius 3 is 2.32 bits per heavy atom. The number of sulfone groups is 1. The summed E-state index contributed by atoms with van der Waals surface area (Å²) in [7, 11) is -3.81. The number of amides is 1. The van der Waals surface area contributed by atoms with Gasteiger partial charge in [0.15, 0.2) is 14.7 Å². The summed E-state index contributed by atoms with van der Waals surface area (Å²) >= 11 is 4.03. The first-order valence-corrected chi connectivity index (χ1v) is 10.2. The molecule has 0 fully saturated rings.